The Kier molecular flexibility index (Phi) is 44.4. The second-order valence-corrected chi connectivity index (χ2v) is 4.19. The van der Waals surface area contributed by atoms with E-state index in [1.165, 1.54) is 12.5 Å². The summed E-state index contributed by atoms with van der Waals surface area (Å²) in [6, 6.07) is 24.0. The Morgan fingerprint density at radius 3 is 1.11 bits per heavy atom. The SMILES string of the molecule is C.CCCCCN=C=O.N=C=O.N=C=O.c1ccccc1.c1ccccc1. The van der Waals surface area contributed by atoms with E-state index in [4.69, 9.17) is 20.4 Å². The van der Waals surface area contributed by atoms with E-state index in [-0.39, 0.29) is 7.43 Å². The highest BCUT2D eigenvalue weighted by molar-refractivity contribution is 5.32. The molecule has 0 atom stereocenters. The van der Waals surface area contributed by atoms with Gasteiger partial charge in [-0.2, -0.15) is 0 Å². The Morgan fingerprint density at radius 1 is 0.667 bits per heavy atom. The van der Waals surface area contributed by atoms with Crippen LogP contribution in [0.15, 0.2) is 77.8 Å². The molecule has 6 nitrogen and oxygen atoms in total. The third-order valence-corrected chi connectivity index (χ3v) is 2.27. The van der Waals surface area contributed by atoms with Gasteiger partial charge in [-0.25, -0.2) is 30.2 Å². The molecule has 2 aromatic carbocycles. The summed E-state index contributed by atoms with van der Waals surface area (Å²) < 4.78 is 0. The summed E-state index contributed by atoms with van der Waals surface area (Å²) in [7, 11) is 0. The second kappa shape index (κ2) is 38.3. The highest BCUT2D eigenvalue weighted by atomic mass is 16.1. The average molecular weight is 371 g/mol. The lowest BCUT2D eigenvalue weighted by Gasteiger charge is -1.86. The van der Waals surface area contributed by atoms with Crippen molar-refractivity contribution >= 4 is 18.2 Å². The predicted octanol–water partition coefficient (Wildman–Crippen LogP) is 5.32. The first-order valence-electron chi connectivity index (χ1n) is 7.86. The molecule has 0 fully saturated rings. The van der Waals surface area contributed by atoms with Crippen molar-refractivity contribution in [1.82, 2.24) is 0 Å². The summed E-state index contributed by atoms with van der Waals surface area (Å²) in [6.07, 6.45) is 6.35. The molecule has 0 aliphatic carbocycles. The minimum absolute atomic E-state index is 0. The van der Waals surface area contributed by atoms with Gasteiger partial charge in [0.05, 0.1) is 6.54 Å². The molecule has 0 unspecified atom stereocenters. The molecule has 0 heterocycles. The molecule has 0 aromatic heterocycles. The van der Waals surface area contributed by atoms with Gasteiger partial charge in [0.2, 0.25) is 18.2 Å². The van der Waals surface area contributed by atoms with Crippen molar-refractivity contribution in [3.63, 3.8) is 0 Å². The standard InChI is InChI=1S/C6H11NO.2C6H6.2CHNO.CH4/c1-2-3-4-5-7-6-8;2*1-2-4-6-5-3-1;2*2-1-3;/h2-5H2,1H3;2*1-6H;2*2H;1H4. The normalized spacial score (nSPS) is 6.56. The smallest absolute Gasteiger partial charge is 0.222 e. The Balaban J connectivity index is -0.000000127. The summed E-state index contributed by atoms with van der Waals surface area (Å²) in [6.45, 7) is 2.77. The first-order chi connectivity index (χ1) is 12.7. The van der Waals surface area contributed by atoms with Crippen LogP contribution in [0.4, 0.5) is 0 Å². The zero-order valence-electron chi connectivity index (χ0n) is 14.9. The van der Waals surface area contributed by atoms with E-state index < -0.39 is 0 Å². The fraction of sp³-hybridized carbons (Fsp3) is 0.286. The van der Waals surface area contributed by atoms with E-state index in [1.807, 2.05) is 72.8 Å². The Bertz CT molecular complexity index is 490. The molecule has 2 rings (SSSR count). The Morgan fingerprint density at radius 2 is 0.926 bits per heavy atom. The molecule has 0 saturated heterocycles. The van der Waals surface area contributed by atoms with Crippen LogP contribution in [0.5, 0.6) is 0 Å². The Hall–Kier alpha value is -3.42. The monoisotopic (exact) mass is 371 g/mol. The van der Waals surface area contributed by atoms with Crippen molar-refractivity contribution in [3.8, 4) is 0 Å². The van der Waals surface area contributed by atoms with Crippen molar-refractivity contribution in [2.75, 3.05) is 6.54 Å². The number of carbonyl (C=O) groups excluding carboxylic acids is 3. The van der Waals surface area contributed by atoms with Gasteiger partial charge in [0.1, 0.15) is 0 Å². The van der Waals surface area contributed by atoms with Gasteiger partial charge in [-0.3, -0.25) is 0 Å². The number of benzene rings is 2. The number of unbranched alkanes of at least 4 members (excludes halogenated alkanes) is 2. The van der Waals surface area contributed by atoms with Crippen LogP contribution >= 0.6 is 0 Å². The molecular formula is C21H29N3O3. The molecule has 146 valence electrons. The van der Waals surface area contributed by atoms with Gasteiger partial charge in [-0.1, -0.05) is 100.0 Å². The molecule has 0 radical (unpaired) electrons. The van der Waals surface area contributed by atoms with E-state index in [0.717, 1.165) is 25.0 Å². The lowest BCUT2D eigenvalue weighted by molar-refractivity contribution is 0.561. The second-order valence-electron chi connectivity index (χ2n) is 4.19. The number of nitrogens with one attached hydrogen (secondary N) is 2. The number of nitrogens with zero attached hydrogens (tertiary/aromatic N) is 1. The average Bonchev–Trinajstić information content (AvgIpc) is 2.70. The number of isocyanates is 3. The summed E-state index contributed by atoms with van der Waals surface area (Å²) in [5.41, 5.74) is 0. The zero-order valence-corrected chi connectivity index (χ0v) is 14.9. The maximum Gasteiger partial charge on any atom is 0.234 e. The van der Waals surface area contributed by atoms with Gasteiger partial charge < -0.3 is 0 Å². The highest BCUT2D eigenvalue weighted by Gasteiger charge is 1.79. The van der Waals surface area contributed by atoms with E-state index in [1.54, 1.807) is 0 Å². The molecular weight excluding hydrogens is 342 g/mol. The van der Waals surface area contributed by atoms with Crippen molar-refractivity contribution in [3.05, 3.63) is 72.8 Å². The van der Waals surface area contributed by atoms with Gasteiger partial charge >= 0.3 is 0 Å². The fourth-order valence-corrected chi connectivity index (χ4v) is 1.26. The quantitative estimate of drug-likeness (QED) is 0.430. The highest BCUT2D eigenvalue weighted by Crippen LogP contribution is 1.92. The van der Waals surface area contributed by atoms with Crippen LogP contribution in [-0.4, -0.2) is 24.8 Å². The molecule has 27 heavy (non-hydrogen) atoms. The number of hydrogen-bond donors (Lipinski definition) is 2. The largest absolute Gasteiger partial charge is 0.234 e. The van der Waals surface area contributed by atoms with Crippen LogP contribution < -0.4 is 0 Å². The lowest BCUT2D eigenvalue weighted by atomic mass is 10.3. The summed E-state index contributed by atoms with van der Waals surface area (Å²) in [5.74, 6) is 0. The predicted molar refractivity (Wildman–Crippen MR) is 109 cm³/mol. The van der Waals surface area contributed by atoms with Crippen molar-refractivity contribution in [2.45, 2.75) is 33.6 Å². The molecule has 0 saturated carbocycles. The van der Waals surface area contributed by atoms with Crippen LogP contribution in [0.1, 0.15) is 33.6 Å². The van der Waals surface area contributed by atoms with Crippen molar-refractivity contribution in [1.29, 1.82) is 10.8 Å². The zero-order chi connectivity index (χ0) is 20.1. The lowest BCUT2D eigenvalue weighted by Crippen LogP contribution is -1.77. The van der Waals surface area contributed by atoms with Crippen LogP contribution in [0.3, 0.4) is 0 Å². The summed E-state index contributed by atoms with van der Waals surface area (Å²) in [5, 5.41) is 10.8. The van der Waals surface area contributed by atoms with E-state index >= 15 is 0 Å². The molecule has 0 spiro atoms. The van der Waals surface area contributed by atoms with Crippen molar-refractivity contribution in [2.24, 2.45) is 4.99 Å². The molecule has 0 aliphatic rings. The third kappa shape index (κ3) is 51.9. The first kappa shape index (κ1) is 31.4. The summed E-state index contributed by atoms with van der Waals surface area (Å²) in [4.78, 5) is 29.6. The topological polar surface area (TPSA) is 111 Å². The van der Waals surface area contributed by atoms with Crippen LogP contribution in [0, 0.1) is 10.8 Å². The molecule has 2 aromatic rings. The van der Waals surface area contributed by atoms with Crippen molar-refractivity contribution < 1.29 is 14.4 Å². The van der Waals surface area contributed by atoms with Crippen LogP contribution in [0.25, 0.3) is 0 Å². The molecule has 0 aliphatic heterocycles. The summed E-state index contributed by atoms with van der Waals surface area (Å²) >= 11 is 0. The van der Waals surface area contributed by atoms with Gasteiger partial charge in [0.15, 0.2) is 0 Å². The minimum atomic E-state index is 0. The van der Waals surface area contributed by atoms with Gasteiger partial charge in [-0.15, -0.1) is 0 Å². The van der Waals surface area contributed by atoms with Gasteiger partial charge in [0.25, 0.3) is 0 Å². The molecule has 6 heteroatoms. The van der Waals surface area contributed by atoms with E-state index in [2.05, 4.69) is 11.9 Å². The first-order valence-corrected chi connectivity index (χ1v) is 7.86. The number of hydrogen-bond acceptors (Lipinski definition) is 6. The van der Waals surface area contributed by atoms with E-state index in [0.29, 0.717) is 6.54 Å². The number of rotatable bonds is 4. The number of aliphatic imine (C=N–C) groups is 1. The van der Waals surface area contributed by atoms with Crippen LogP contribution in [-0.2, 0) is 14.4 Å². The third-order valence-electron chi connectivity index (χ3n) is 2.27. The molecule has 0 amide bonds. The molecule has 2 N–H and O–H groups in total. The van der Waals surface area contributed by atoms with Crippen LogP contribution in [0.2, 0.25) is 0 Å². The molecule has 0 bridgehead atoms. The fourth-order valence-electron chi connectivity index (χ4n) is 1.26. The Labute approximate surface area is 162 Å². The maximum absolute atomic E-state index is 9.48. The maximum atomic E-state index is 9.48. The van der Waals surface area contributed by atoms with E-state index in [9.17, 15) is 4.79 Å². The van der Waals surface area contributed by atoms with Gasteiger partial charge in [-0.05, 0) is 6.42 Å². The minimum Gasteiger partial charge on any atom is -0.222 e. The van der Waals surface area contributed by atoms with Gasteiger partial charge in [0, 0.05) is 0 Å².